The summed E-state index contributed by atoms with van der Waals surface area (Å²) in [5, 5.41) is 10.8. The van der Waals surface area contributed by atoms with Gasteiger partial charge in [0.2, 0.25) is 0 Å². The number of alkyl halides is 2. The predicted octanol–water partition coefficient (Wildman–Crippen LogP) is 3.15. The first-order chi connectivity index (χ1) is 7.16. The number of hydrogen-bond donors (Lipinski definition) is 1. The summed E-state index contributed by atoms with van der Waals surface area (Å²) in [5.74, 6) is 0.0891. The predicted molar refractivity (Wildman–Crippen MR) is 52.2 cm³/mol. The van der Waals surface area contributed by atoms with Crippen molar-refractivity contribution in [1.82, 2.24) is 0 Å². The Morgan fingerprint density at radius 3 is 2.67 bits per heavy atom. The minimum absolute atomic E-state index is 0.0407. The van der Waals surface area contributed by atoms with Gasteiger partial charge in [0.25, 0.3) is 0 Å². The van der Waals surface area contributed by atoms with E-state index in [0.717, 1.165) is 5.39 Å². The molecule has 2 rings (SSSR count). The maximum atomic E-state index is 11.9. The number of phenolic OH excluding ortho intramolecular Hbond substituents is 1. The largest absolute Gasteiger partial charge is 0.507 e. The van der Waals surface area contributed by atoms with Gasteiger partial charge in [0.1, 0.15) is 11.5 Å². The Balaban J connectivity index is 2.50. The summed E-state index contributed by atoms with van der Waals surface area (Å²) in [5.41, 5.74) is 0. The molecule has 0 unspecified atom stereocenters. The summed E-state index contributed by atoms with van der Waals surface area (Å²) in [6, 6.07) is 9.40. The summed E-state index contributed by atoms with van der Waals surface area (Å²) in [6.45, 7) is -2.85. The van der Waals surface area contributed by atoms with E-state index < -0.39 is 6.61 Å². The molecule has 0 aliphatic rings. The van der Waals surface area contributed by atoms with Crippen LogP contribution in [0.25, 0.3) is 10.8 Å². The van der Waals surface area contributed by atoms with Crippen molar-refractivity contribution in [2.75, 3.05) is 0 Å². The number of ether oxygens (including phenoxy) is 1. The molecule has 15 heavy (non-hydrogen) atoms. The third kappa shape index (κ3) is 1.98. The number of benzene rings is 2. The molecule has 0 radical (unpaired) electrons. The second-order valence-corrected chi connectivity index (χ2v) is 3.04. The molecule has 0 saturated heterocycles. The molecule has 1 N–H and O–H groups in total. The summed E-state index contributed by atoms with van der Waals surface area (Å²) in [4.78, 5) is 0. The van der Waals surface area contributed by atoms with Crippen molar-refractivity contribution in [2.45, 2.75) is 6.61 Å². The highest BCUT2D eigenvalue weighted by Gasteiger charge is 2.06. The van der Waals surface area contributed by atoms with Crippen molar-refractivity contribution in [1.29, 1.82) is 0 Å². The van der Waals surface area contributed by atoms with Crippen LogP contribution in [0.4, 0.5) is 8.78 Å². The second kappa shape index (κ2) is 3.73. The first-order valence-electron chi connectivity index (χ1n) is 4.33. The molecule has 0 bridgehead atoms. The van der Waals surface area contributed by atoms with Crippen molar-refractivity contribution in [2.24, 2.45) is 0 Å². The SMILES string of the molecule is Oc1cccc2ccc(OC(F)F)cc12. The topological polar surface area (TPSA) is 29.5 Å². The van der Waals surface area contributed by atoms with E-state index in [1.54, 1.807) is 18.2 Å². The lowest BCUT2D eigenvalue weighted by Gasteiger charge is -2.06. The van der Waals surface area contributed by atoms with Crippen LogP contribution >= 0.6 is 0 Å². The van der Waals surface area contributed by atoms with Gasteiger partial charge in [-0.05, 0) is 23.6 Å². The number of halogens is 2. The zero-order valence-corrected chi connectivity index (χ0v) is 7.65. The fraction of sp³-hybridized carbons (Fsp3) is 0.0909. The minimum atomic E-state index is -2.85. The van der Waals surface area contributed by atoms with Crippen molar-refractivity contribution in [3.05, 3.63) is 36.4 Å². The van der Waals surface area contributed by atoms with Crippen LogP contribution in [0.2, 0.25) is 0 Å². The number of aromatic hydroxyl groups is 1. The molecular formula is C11H8F2O2. The van der Waals surface area contributed by atoms with E-state index in [9.17, 15) is 13.9 Å². The van der Waals surface area contributed by atoms with Gasteiger partial charge in [-0.1, -0.05) is 18.2 Å². The van der Waals surface area contributed by atoms with Gasteiger partial charge < -0.3 is 9.84 Å². The number of fused-ring (bicyclic) bond motifs is 1. The average Bonchev–Trinajstić information content (AvgIpc) is 2.18. The Morgan fingerprint density at radius 1 is 1.13 bits per heavy atom. The zero-order chi connectivity index (χ0) is 10.8. The lowest BCUT2D eigenvalue weighted by molar-refractivity contribution is -0.0497. The van der Waals surface area contributed by atoms with E-state index >= 15 is 0 Å². The van der Waals surface area contributed by atoms with Crippen molar-refractivity contribution >= 4 is 10.8 Å². The lowest BCUT2D eigenvalue weighted by atomic mass is 10.1. The molecule has 0 fully saturated rings. The van der Waals surface area contributed by atoms with E-state index in [1.807, 2.05) is 0 Å². The highest BCUT2D eigenvalue weighted by atomic mass is 19.3. The molecule has 0 amide bonds. The van der Waals surface area contributed by atoms with E-state index in [-0.39, 0.29) is 11.5 Å². The van der Waals surface area contributed by atoms with Crippen LogP contribution in [-0.2, 0) is 0 Å². The Labute approximate surface area is 84.7 Å². The summed E-state index contributed by atoms with van der Waals surface area (Å²) in [7, 11) is 0. The number of phenols is 1. The van der Waals surface area contributed by atoms with E-state index in [2.05, 4.69) is 4.74 Å². The number of rotatable bonds is 2. The normalized spacial score (nSPS) is 10.9. The Bertz CT molecular complexity index is 483. The molecule has 0 heterocycles. The second-order valence-electron chi connectivity index (χ2n) is 3.04. The lowest BCUT2D eigenvalue weighted by Crippen LogP contribution is -2.01. The Kier molecular flexibility index (Phi) is 2.41. The third-order valence-corrected chi connectivity index (χ3v) is 2.06. The molecule has 0 atom stereocenters. The van der Waals surface area contributed by atoms with Crippen LogP contribution in [-0.4, -0.2) is 11.7 Å². The van der Waals surface area contributed by atoms with Gasteiger partial charge in [-0.2, -0.15) is 8.78 Å². The smallest absolute Gasteiger partial charge is 0.387 e. The zero-order valence-electron chi connectivity index (χ0n) is 7.65. The molecule has 0 spiro atoms. The van der Waals surface area contributed by atoms with Crippen LogP contribution < -0.4 is 4.74 Å². The van der Waals surface area contributed by atoms with E-state index in [1.165, 1.54) is 18.2 Å². The first kappa shape index (κ1) is 9.71. The molecule has 0 saturated carbocycles. The molecule has 78 valence electrons. The van der Waals surface area contributed by atoms with Gasteiger partial charge in [0, 0.05) is 5.39 Å². The van der Waals surface area contributed by atoms with Crippen LogP contribution in [0.5, 0.6) is 11.5 Å². The molecule has 0 aromatic heterocycles. The molecule has 0 aliphatic carbocycles. The van der Waals surface area contributed by atoms with Crippen molar-refractivity contribution < 1.29 is 18.6 Å². The van der Waals surface area contributed by atoms with Crippen molar-refractivity contribution in [3.8, 4) is 11.5 Å². The Hall–Kier alpha value is -1.84. The fourth-order valence-electron chi connectivity index (χ4n) is 1.41. The third-order valence-electron chi connectivity index (χ3n) is 2.06. The van der Waals surface area contributed by atoms with Crippen LogP contribution in [0.15, 0.2) is 36.4 Å². The molecule has 2 aromatic carbocycles. The number of hydrogen-bond acceptors (Lipinski definition) is 2. The fourth-order valence-corrected chi connectivity index (χ4v) is 1.41. The van der Waals surface area contributed by atoms with E-state index in [0.29, 0.717) is 5.39 Å². The van der Waals surface area contributed by atoms with Crippen LogP contribution in [0.3, 0.4) is 0 Å². The van der Waals surface area contributed by atoms with Gasteiger partial charge in [-0.3, -0.25) is 0 Å². The first-order valence-corrected chi connectivity index (χ1v) is 4.33. The van der Waals surface area contributed by atoms with Crippen LogP contribution in [0.1, 0.15) is 0 Å². The van der Waals surface area contributed by atoms with Crippen LogP contribution in [0, 0.1) is 0 Å². The van der Waals surface area contributed by atoms with Crippen molar-refractivity contribution in [3.63, 3.8) is 0 Å². The maximum absolute atomic E-state index is 11.9. The van der Waals surface area contributed by atoms with Gasteiger partial charge >= 0.3 is 6.61 Å². The van der Waals surface area contributed by atoms with Gasteiger partial charge in [-0.15, -0.1) is 0 Å². The molecule has 2 nitrogen and oxygen atoms in total. The molecular weight excluding hydrogens is 202 g/mol. The quantitative estimate of drug-likeness (QED) is 0.825. The standard InChI is InChI=1S/C11H8F2O2/c12-11(13)15-8-5-4-7-2-1-3-10(14)9(7)6-8/h1-6,11,14H. The van der Waals surface area contributed by atoms with Gasteiger partial charge in [-0.25, -0.2) is 0 Å². The van der Waals surface area contributed by atoms with Gasteiger partial charge in [0.05, 0.1) is 0 Å². The highest BCUT2D eigenvalue weighted by Crippen LogP contribution is 2.28. The Morgan fingerprint density at radius 2 is 1.93 bits per heavy atom. The summed E-state index contributed by atoms with van der Waals surface area (Å²) in [6.07, 6.45) is 0. The monoisotopic (exact) mass is 210 g/mol. The minimum Gasteiger partial charge on any atom is -0.507 e. The molecule has 4 heteroatoms. The molecule has 0 aliphatic heterocycles. The molecule has 2 aromatic rings. The summed E-state index contributed by atoms with van der Waals surface area (Å²) >= 11 is 0. The van der Waals surface area contributed by atoms with Gasteiger partial charge in [0.15, 0.2) is 0 Å². The maximum Gasteiger partial charge on any atom is 0.387 e. The summed E-state index contributed by atoms with van der Waals surface area (Å²) < 4.78 is 28.1. The average molecular weight is 210 g/mol. The highest BCUT2D eigenvalue weighted by molar-refractivity contribution is 5.89. The van der Waals surface area contributed by atoms with E-state index in [4.69, 9.17) is 0 Å².